The summed E-state index contributed by atoms with van der Waals surface area (Å²) in [7, 11) is 0. The minimum absolute atomic E-state index is 0.356. The van der Waals surface area contributed by atoms with Crippen molar-refractivity contribution in [3.8, 4) is 5.88 Å². The number of alkyl halides is 5. The largest absolute Gasteiger partial charge is 0.574 e. The molecular formula is C10H9F5N2O3. The molecule has 0 aliphatic heterocycles. The fourth-order valence-corrected chi connectivity index (χ4v) is 1.47. The van der Waals surface area contributed by atoms with Gasteiger partial charge in [0, 0.05) is 6.54 Å². The number of ether oxygens (including phenoxy) is 1. The molecular weight excluding hydrogens is 291 g/mol. The van der Waals surface area contributed by atoms with Gasteiger partial charge in [0.05, 0.1) is 17.7 Å². The Morgan fingerprint density at radius 1 is 1.45 bits per heavy atom. The molecule has 1 rings (SSSR count). The number of carbonyl (C=O) groups is 1. The SMILES string of the molecule is NCc1cc(CC(=O)O)nc(OC(F)(F)F)c1C(F)F. The summed E-state index contributed by atoms with van der Waals surface area (Å²) in [6.07, 6.45) is -9.27. The predicted octanol–water partition coefficient (Wildman–Crippen LogP) is 2.00. The smallest absolute Gasteiger partial charge is 0.481 e. The first-order valence-electron chi connectivity index (χ1n) is 5.12. The highest BCUT2D eigenvalue weighted by atomic mass is 19.4. The number of nitrogens with two attached hydrogens (primary N) is 1. The van der Waals surface area contributed by atoms with Crippen molar-refractivity contribution in [1.82, 2.24) is 4.98 Å². The van der Waals surface area contributed by atoms with E-state index in [9.17, 15) is 26.7 Å². The van der Waals surface area contributed by atoms with Gasteiger partial charge in [0.25, 0.3) is 6.43 Å². The summed E-state index contributed by atoms with van der Waals surface area (Å²) in [4.78, 5) is 13.7. The molecule has 1 aromatic rings. The average Bonchev–Trinajstić information content (AvgIpc) is 2.24. The summed E-state index contributed by atoms with van der Waals surface area (Å²) in [5.74, 6) is -2.77. The van der Waals surface area contributed by atoms with Crippen LogP contribution in [-0.4, -0.2) is 22.4 Å². The van der Waals surface area contributed by atoms with Crippen LogP contribution >= 0.6 is 0 Å². The summed E-state index contributed by atoms with van der Waals surface area (Å²) < 4.78 is 65.5. The molecule has 0 saturated heterocycles. The van der Waals surface area contributed by atoms with Crippen LogP contribution in [0.1, 0.15) is 23.2 Å². The molecule has 0 radical (unpaired) electrons. The predicted molar refractivity (Wildman–Crippen MR) is 55.1 cm³/mol. The Hall–Kier alpha value is -1.97. The molecule has 0 saturated carbocycles. The molecule has 3 N–H and O–H groups in total. The third-order valence-corrected chi connectivity index (χ3v) is 2.15. The van der Waals surface area contributed by atoms with E-state index in [0.717, 1.165) is 6.07 Å². The maximum Gasteiger partial charge on any atom is 0.574 e. The van der Waals surface area contributed by atoms with Gasteiger partial charge in [0.2, 0.25) is 5.88 Å². The second kappa shape index (κ2) is 5.99. The number of carboxylic acid groups (broad SMARTS) is 1. The van der Waals surface area contributed by atoms with Gasteiger partial charge in [-0.25, -0.2) is 13.8 Å². The van der Waals surface area contributed by atoms with Crippen molar-refractivity contribution in [1.29, 1.82) is 0 Å². The van der Waals surface area contributed by atoms with Crippen LogP contribution in [0, 0.1) is 0 Å². The number of halogens is 5. The molecule has 0 unspecified atom stereocenters. The number of hydrogen-bond donors (Lipinski definition) is 2. The first-order valence-corrected chi connectivity index (χ1v) is 5.12. The lowest BCUT2D eigenvalue weighted by Crippen LogP contribution is -2.21. The topological polar surface area (TPSA) is 85.4 Å². The van der Waals surface area contributed by atoms with Crippen LogP contribution in [0.15, 0.2) is 6.07 Å². The molecule has 0 aliphatic rings. The van der Waals surface area contributed by atoms with Crippen LogP contribution in [0.25, 0.3) is 0 Å². The van der Waals surface area contributed by atoms with Crippen molar-refractivity contribution < 1.29 is 36.6 Å². The minimum Gasteiger partial charge on any atom is -0.481 e. The zero-order valence-electron chi connectivity index (χ0n) is 9.75. The molecule has 112 valence electrons. The van der Waals surface area contributed by atoms with E-state index in [1.807, 2.05) is 0 Å². The number of rotatable bonds is 5. The summed E-state index contributed by atoms with van der Waals surface area (Å²) in [5, 5.41) is 8.55. The van der Waals surface area contributed by atoms with Crippen molar-refractivity contribution in [3.63, 3.8) is 0 Å². The van der Waals surface area contributed by atoms with Gasteiger partial charge in [0.1, 0.15) is 0 Å². The lowest BCUT2D eigenvalue weighted by molar-refractivity contribution is -0.276. The van der Waals surface area contributed by atoms with Crippen LogP contribution < -0.4 is 10.5 Å². The highest BCUT2D eigenvalue weighted by Gasteiger charge is 2.35. The van der Waals surface area contributed by atoms with Gasteiger partial charge in [0.15, 0.2) is 0 Å². The molecule has 1 aromatic heterocycles. The van der Waals surface area contributed by atoms with E-state index in [4.69, 9.17) is 10.8 Å². The number of pyridine rings is 1. The van der Waals surface area contributed by atoms with Gasteiger partial charge in [-0.05, 0) is 11.6 Å². The number of aliphatic carboxylic acids is 1. The standard InChI is InChI=1S/C10H9F5N2O3/c11-8(12)7-4(3-16)1-5(2-6(18)19)17-9(7)20-10(13,14)15/h1,8H,2-3,16H2,(H,18,19). The number of aromatic nitrogens is 1. The zero-order valence-corrected chi connectivity index (χ0v) is 9.75. The van der Waals surface area contributed by atoms with Crippen LogP contribution in [-0.2, 0) is 17.8 Å². The van der Waals surface area contributed by atoms with Crippen LogP contribution in [0.5, 0.6) is 5.88 Å². The lowest BCUT2D eigenvalue weighted by atomic mass is 10.1. The van der Waals surface area contributed by atoms with Gasteiger partial charge in [-0.2, -0.15) is 0 Å². The van der Waals surface area contributed by atoms with Crippen LogP contribution in [0.2, 0.25) is 0 Å². The molecule has 0 fully saturated rings. The monoisotopic (exact) mass is 300 g/mol. The van der Waals surface area contributed by atoms with Crippen molar-refractivity contribution >= 4 is 5.97 Å². The summed E-state index contributed by atoms with van der Waals surface area (Å²) >= 11 is 0. The van der Waals surface area contributed by atoms with Gasteiger partial charge in [-0.15, -0.1) is 13.2 Å². The first-order chi connectivity index (χ1) is 9.14. The Labute approximate surface area is 109 Å². The van der Waals surface area contributed by atoms with Gasteiger partial charge in [-0.1, -0.05) is 0 Å². The van der Waals surface area contributed by atoms with Gasteiger partial charge >= 0.3 is 12.3 Å². The first kappa shape index (κ1) is 16.1. The maximum atomic E-state index is 12.8. The quantitative estimate of drug-likeness (QED) is 0.812. The lowest BCUT2D eigenvalue weighted by Gasteiger charge is -2.16. The van der Waals surface area contributed by atoms with Gasteiger partial charge < -0.3 is 15.6 Å². The molecule has 0 aromatic carbocycles. The number of nitrogens with zero attached hydrogens (tertiary/aromatic N) is 1. The van der Waals surface area contributed by atoms with E-state index in [2.05, 4.69) is 9.72 Å². The average molecular weight is 300 g/mol. The molecule has 0 spiro atoms. The molecule has 1 heterocycles. The molecule has 0 amide bonds. The van der Waals surface area contributed by atoms with E-state index in [1.54, 1.807) is 0 Å². The fourth-order valence-electron chi connectivity index (χ4n) is 1.47. The van der Waals surface area contributed by atoms with Crippen LogP contribution in [0.3, 0.4) is 0 Å². The van der Waals surface area contributed by atoms with Crippen molar-refractivity contribution in [2.75, 3.05) is 0 Å². The van der Waals surface area contributed by atoms with Crippen LogP contribution in [0.4, 0.5) is 22.0 Å². The third-order valence-electron chi connectivity index (χ3n) is 2.15. The third kappa shape index (κ3) is 4.30. The Morgan fingerprint density at radius 2 is 2.05 bits per heavy atom. The second-order valence-electron chi connectivity index (χ2n) is 3.61. The van der Waals surface area contributed by atoms with Crippen molar-refractivity contribution in [2.45, 2.75) is 25.8 Å². The zero-order chi connectivity index (χ0) is 15.5. The summed E-state index contributed by atoms with van der Waals surface area (Å²) in [6.45, 7) is -0.511. The highest BCUT2D eigenvalue weighted by Crippen LogP contribution is 2.34. The molecule has 0 aliphatic carbocycles. The van der Waals surface area contributed by atoms with E-state index < -0.39 is 43.2 Å². The van der Waals surface area contributed by atoms with E-state index >= 15 is 0 Å². The Bertz CT molecular complexity index is 504. The summed E-state index contributed by atoms with van der Waals surface area (Å²) in [6, 6.07) is 0.916. The molecule has 20 heavy (non-hydrogen) atoms. The van der Waals surface area contributed by atoms with Gasteiger partial charge in [-0.3, -0.25) is 4.79 Å². The Balaban J connectivity index is 3.37. The van der Waals surface area contributed by atoms with E-state index in [0.29, 0.717) is 0 Å². The Morgan fingerprint density at radius 3 is 2.45 bits per heavy atom. The molecule has 10 heteroatoms. The number of carboxylic acids is 1. The maximum absolute atomic E-state index is 12.8. The normalized spacial score (nSPS) is 11.8. The van der Waals surface area contributed by atoms with Crippen molar-refractivity contribution in [3.05, 3.63) is 22.9 Å². The molecule has 5 nitrogen and oxygen atoms in total. The fraction of sp³-hybridized carbons (Fsp3) is 0.400. The second-order valence-corrected chi connectivity index (χ2v) is 3.61. The summed E-state index contributed by atoms with van der Waals surface area (Å²) in [5.41, 5.74) is 3.36. The molecule has 0 atom stereocenters. The van der Waals surface area contributed by atoms with Crippen molar-refractivity contribution in [2.24, 2.45) is 5.73 Å². The minimum atomic E-state index is -5.23. The van der Waals surface area contributed by atoms with E-state index in [1.165, 1.54) is 0 Å². The Kier molecular flexibility index (Phi) is 4.82. The van der Waals surface area contributed by atoms with E-state index in [-0.39, 0.29) is 11.3 Å². The highest BCUT2D eigenvalue weighted by molar-refractivity contribution is 5.69. The molecule has 0 bridgehead atoms. The number of hydrogen-bond acceptors (Lipinski definition) is 4.